The van der Waals surface area contributed by atoms with Gasteiger partial charge in [-0.15, -0.1) is 0 Å². The molecule has 0 bridgehead atoms. The van der Waals surface area contributed by atoms with E-state index in [2.05, 4.69) is 12.2 Å². The van der Waals surface area contributed by atoms with Crippen LogP contribution in [0.4, 0.5) is 0 Å². The molecule has 0 aromatic rings. The van der Waals surface area contributed by atoms with Crippen LogP contribution in [0, 0.1) is 5.92 Å². The molecule has 1 N–H and O–H groups in total. The number of hydrogen-bond acceptors (Lipinski definition) is 2. The number of rotatable bonds is 6. The van der Waals surface area contributed by atoms with E-state index in [1.807, 2.05) is 7.05 Å². The van der Waals surface area contributed by atoms with Crippen LogP contribution in [-0.2, 0) is 4.79 Å². The minimum atomic E-state index is 0.561. The fourth-order valence-electron chi connectivity index (χ4n) is 0.909. The highest BCUT2D eigenvalue weighted by Gasteiger charge is 1.98. The molecule has 0 radical (unpaired) electrons. The first kappa shape index (κ1) is 9.63. The molecule has 0 saturated heterocycles. The van der Waals surface area contributed by atoms with Crippen molar-refractivity contribution < 1.29 is 4.79 Å². The largest absolute Gasteiger partial charge is 0.320 e. The van der Waals surface area contributed by atoms with Gasteiger partial charge in [-0.05, 0) is 32.4 Å². The molecule has 2 heteroatoms. The SMILES string of the molecule is CNCCCC(C)CC=O. The maximum absolute atomic E-state index is 10.0. The molecule has 0 aliphatic heterocycles. The molecule has 0 aliphatic rings. The summed E-state index contributed by atoms with van der Waals surface area (Å²) in [5.41, 5.74) is 0. The van der Waals surface area contributed by atoms with E-state index < -0.39 is 0 Å². The van der Waals surface area contributed by atoms with Gasteiger partial charge in [-0.25, -0.2) is 0 Å². The van der Waals surface area contributed by atoms with Gasteiger partial charge in [0.15, 0.2) is 0 Å². The van der Waals surface area contributed by atoms with E-state index in [9.17, 15) is 4.79 Å². The summed E-state index contributed by atoms with van der Waals surface area (Å²) in [5, 5.41) is 3.08. The number of carbonyl (C=O) groups excluding carboxylic acids is 1. The first-order chi connectivity index (χ1) is 4.81. The Morgan fingerprint density at radius 3 is 2.80 bits per heavy atom. The molecule has 0 heterocycles. The highest BCUT2D eigenvalue weighted by atomic mass is 16.1. The van der Waals surface area contributed by atoms with E-state index in [1.165, 1.54) is 6.42 Å². The Labute approximate surface area is 63.0 Å². The van der Waals surface area contributed by atoms with Gasteiger partial charge in [-0.2, -0.15) is 0 Å². The van der Waals surface area contributed by atoms with Crippen molar-refractivity contribution in [1.29, 1.82) is 0 Å². The minimum Gasteiger partial charge on any atom is -0.320 e. The predicted octanol–water partition coefficient (Wildman–Crippen LogP) is 1.21. The van der Waals surface area contributed by atoms with Crippen molar-refractivity contribution in [3.63, 3.8) is 0 Å². The number of hydrogen-bond donors (Lipinski definition) is 1. The third-order valence-electron chi connectivity index (χ3n) is 1.62. The quantitative estimate of drug-likeness (QED) is 0.447. The fourth-order valence-corrected chi connectivity index (χ4v) is 0.909. The normalized spacial score (nSPS) is 13.0. The second kappa shape index (κ2) is 6.75. The Hall–Kier alpha value is -0.370. The zero-order chi connectivity index (χ0) is 7.82. The van der Waals surface area contributed by atoms with E-state index in [1.54, 1.807) is 0 Å². The van der Waals surface area contributed by atoms with Gasteiger partial charge in [0.05, 0.1) is 0 Å². The molecule has 0 aromatic carbocycles. The lowest BCUT2D eigenvalue weighted by molar-refractivity contribution is -0.108. The van der Waals surface area contributed by atoms with Gasteiger partial charge in [0, 0.05) is 6.42 Å². The van der Waals surface area contributed by atoms with Crippen LogP contribution in [0.15, 0.2) is 0 Å². The molecule has 60 valence electrons. The summed E-state index contributed by atoms with van der Waals surface area (Å²) in [4.78, 5) is 10.0. The molecule has 0 spiro atoms. The summed E-state index contributed by atoms with van der Waals surface area (Å²) in [7, 11) is 1.95. The summed E-state index contributed by atoms with van der Waals surface area (Å²) in [6.45, 7) is 3.17. The lowest BCUT2D eigenvalue weighted by atomic mass is 10.0. The topological polar surface area (TPSA) is 29.1 Å². The van der Waals surface area contributed by atoms with Crippen molar-refractivity contribution in [3.8, 4) is 0 Å². The summed E-state index contributed by atoms with van der Waals surface area (Å²) >= 11 is 0. The zero-order valence-electron chi connectivity index (χ0n) is 6.89. The van der Waals surface area contributed by atoms with Crippen LogP contribution >= 0.6 is 0 Å². The molecule has 0 rings (SSSR count). The Morgan fingerprint density at radius 1 is 1.60 bits per heavy atom. The average Bonchev–Trinajstić information content (AvgIpc) is 1.89. The van der Waals surface area contributed by atoms with E-state index in [0.29, 0.717) is 12.3 Å². The Morgan fingerprint density at radius 2 is 2.30 bits per heavy atom. The van der Waals surface area contributed by atoms with Gasteiger partial charge in [-0.1, -0.05) is 6.92 Å². The number of carbonyl (C=O) groups is 1. The molecule has 0 aromatic heterocycles. The van der Waals surface area contributed by atoms with Gasteiger partial charge >= 0.3 is 0 Å². The van der Waals surface area contributed by atoms with Crippen LogP contribution < -0.4 is 5.32 Å². The van der Waals surface area contributed by atoms with Crippen LogP contribution in [0.25, 0.3) is 0 Å². The van der Waals surface area contributed by atoms with E-state index >= 15 is 0 Å². The second-order valence-corrected chi connectivity index (χ2v) is 2.75. The molecule has 10 heavy (non-hydrogen) atoms. The molecular formula is C8H17NO. The van der Waals surface area contributed by atoms with Gasteiger partial charge in [-0.3, -0.25) is 0 Å². The standard InChI is InChI=1S/C8H17NO/c1-8(5-7-10)4-3-6-9-2/h7-9H,3-6H2,1-2H3. The van der Waals surface area contributed by atoms with Crippen molar-refractivity contribution in [3.05, 3.63) is 0 Å². The van der Waals surface area contributed by atoms with Crippen molar-refractivity contribution in [2.45, 2.75) is 26.2 Å². The lowest BCUT2D eigenvalue weighted by Crippen LogP contribution is -2.09. The maximum atomic E-state index is 10.0. The lowest BCUT2D eigenvalue weighted by Gasteiger charge is -2.05. The summed E-state index contributed by atoms with van der Waals surface area (Å²) in [5.74, 6) is 0.561. The van der Waals surface area contributed by atoms with Crippen LogP contribution in [-0.4, -0.2) is 19.9 Å². The van der Waals surface area contributed by atoms with E-state index in [0.717, 1.165) is 19.3 Å². The van der Waals surface area contributed by atoms with Crippen LogP contribution in [0.2, 0.25) is 0 Å². The number of nitrogens with one attached hydrogen (secondary N) is 1. The summed E-state index contributed by atoms with van der Waals surface area (Å²) in [6, 6.07) is 0. The van der Waals surface area contributed by atoms with Crippen molar-refractivity contribution >= 4 is 6.29 Å². The Balaban J connectivity index is 3.04. The van der Waals surface area contributed by atoms with Gasteiger partial charge < -0.3 is 10.1 Å². The van der Waals surface area contributed by atoms with E-state index in [4.69, 9.17) is 0 Å². The van der Waals surface area contributed by atoms with Gasteiger partial charge in [0.2, 0.25) is 0 Å². The van der Waals surface area contributed by atoms with Gasteiger partial charge in [0.25, 0.3) is 0 Å². The number of aldehydes is 1. The summed E-state index contributed by atoms with van der Waals surface area (Å²) < 4.78 is 0. The fraction of sp³-hybridized carbons (Fsp3) is 0.875. The van der Waals surface area contributed by atoms with Crippen molar-refractivity contribution in [2.75, 3.05) is 13.6 Å². The predicted molar refractivity (Wildman–Crippen MR) is 43.0 cm³/mol. The smallest absolute Gasteiger partial charge is 0.120 e. The average molecular weight is 143 g/mol. The van der Waals surface area contributed by atoms with Crippen molar-refractivity contribution in [2.24, 2.45) is 5.92 Å². The molecular weight excluding hydrogens is 126 g/mol. The molecule has 0 fully saturated rings. The van der Waals surface area contributed by atoms with Crippen LogP contribution in [0.5, 0.6) is 0 Å². The third kappa shape index (κ3) is 5.76. The first-order valence-corrected chi connectivity index (χ1v) is 3.89. The first-order valence-electron chi connectivity index (χ1n) is 3.89. The Bertz CT molecular complexity index is 83.3. The molecule has 1 atom stereocenters. The van der Waals surface area contributed by atoms with Crippen LogP contribution in [0.1, 0.15) is 26.2 Å². The highest BCUT2D eigenvalue weighted by molar-refractivity contribution is 5.49. The molecule has 0 saturated carbocycles. The third-order valence-corrected chi connectivity index (χ3v) is 1.62. The second-order valence-electron chi connectivity index (χ2n) is 2.75. The zero-order valence-corrected chi connectivity index (χ0v) is 6.89. The van der Waals surface area contributed by atoms with Gasteiger partial charge in [0.1, 0.15) is 6.29 Å². The molecule has 2 nitrogen and oxygen atoms in total. The van der Waals surface area contributed by atoms with Crippen molar-refractivity contribution in [1.82, 2.24) is 5.32 Å². The molecule has 0 aliphatic carbocycles. The van der Waals surface area contributed by atoms with Crippen LogP contribution in [0.3, 0.4) is 0 Å². The monoisotopic (exact) mass is 143 g/mol. The van der Waals surface area contributed by atoms with E-state index in [-0.39, 0.29) is 0 Å². The molecule has 1 unspecified atom stereocenters. The Kier molecular flexibility index (Phi) is 6.50. The maximum Gasteiger partial charge on any atom is 0.120 e. The highest BCUT2D eigenvalue weighted by Crippen LogP contribution is 2.06. The molecule has 0 amide bonds. The minimum absolute atomic E-state index is 0.561. The summed E-state index contributed by atoms with van der Waals surface area (Å²) in [6.07, 6.45) is 4.04.